The van der Waals surface area contributed by atoms with E-state index in [-0.39, 0.29) is 10.8 Å². The van der Waals surface area contributed by atoms with Crippen LogP contribution in [-0.4, -0.2) is 37.5 Å². The fourth-order valence-corrected chi connectivity index (χ4v) is 2.58. The van der Waals surface area contributed by atoms with Gasteiger partial charge in [-0.1, -0.05) is 6.92 Å². The molecule has 2 rings (SSSR count). The quantitative estimate of drug-likeness (QED) is 0.732. The average molecular weight is 200 g/mol. The highest BCUT2D eigenvalue weighted by Crippen LogP contribution is 2.64. The van der Waals surface area contributed by atoms with Crippen molar-refractivity contribution >= 4 is 5.97 Å². The van der Waals surface area contributed by atoms with Crippen molar-refractivity contribution < 1.29 is 19.4 Å². The van der Waals surface area contributed by atoms with Gasteiger partial charge in [-0.3, -0.25) is 0 Å². The van der Waals surface area contributed by atoms with E-state index >= 15 is 0 Å². The monoisotopic (exact) mass is 200 g/mol. The highest BCUT2D eigenvalue weighted by Gasteiger charge is 2.66. The molecule has 0 spiro atoms. The first-order valence-electron chi connectivity index (χ1n) is 4.89. The van der Waals surface area contributed by atoms with Gasteiger partial charge < -0.3 is 14.6 Å². The number of methoxy groups -OCH3 is 1. The van der Waals surface area contributed by atoms with Gasteiger partial charge in [0.05, 0.1) is 13.2 Å². The molecule has 4 heteroatoms. The number of aliphatic carboxylic acids is 1. The maximum atomic E-state index is 11.0. The predicted molar refractivity (Wildman–Crippen MR) is 49.0 cm³/mol. The van der Waals surface area contributed by atoms with Gasteiger partial charge in [-0.25, -0.2) is 4.79 Å². The lowest BCUT2D eigenvalue weighted by Gasteiger charge is -2.47. The molecule has 0 radical (unpaired) electrons. The first-order chi connectivity index (χ1) is 6.56. The van der Waals surface area contributed by atoms with Gasteiger partial charge in [0, 0.05) is 17.9 Å². The standard InChI is InChI=1S/C10H16O4/c1-9(5-14-6-9)10(3-4-10)7(13-2)8(11)12/h7H,3-6H2,1-2H3,(H,11,12). The molecule has 4 nitrogen and oxygen atoms in total. The molecule has 1 aliphatic carbocycles. The van der Waals surface area contributed by atoms with Gasteiger partial charge in [-0.15, -0.1) is 0 Å². The summed E-state index contributed by atoms with van der Waals surface area (Å²) in [6.07, 6.45) is 1.21. The van der Waals surface area contributed by atoms with E-state index in [1.54, 1.807) is 0 Å². The van der Waals surface area contributed by atoms with Crippen LogP contribution < -0.4 is 0 Å². The van der Waals surface area contributed by atoms with Gasteiger partial charge in [0.25, 0.3) is 0 Å². The van der Waals surface area contributed by atoms with E-state index in [1.165, 1.54) is 7.11 Å². The molecular formula is C10H16O4. The Morgan fingerprint density at radius 1 is 1.50 bits per heavy atom. The van der Waals surface area contributed by atoms with Crippen molar-refractivity contribution in [2.45, 2.75) is 25.9 Å². The Bertz CT molecular complexity index is 253. The van der Waals surface area contributed by atoms with Gasteiger partial charge >= 0.3 is 5.97 Å². The summed E-state index contributed by atoms with van der Waals surface area (Å²) in [6.45, 7) is 3.43. The third-order valence-corrected chi connectivity index (χ3v) is 3.79. The molecule has 0 aromatic rings. The molecule has 1 unspecified atom stereocenters. The van der Waals surface area contributed by atoms with Crippen LogP contribution in [0, 0.1) is 10.8 Å². The van der Waals surface area contributed by atoms with E-state index in [2.05, 4.69) is 6.92 Å². The van der Waals surface area contributed by atoms with Crippen LogP contribution in [0.3, 0.4) is 0 Å². The Morgan fingerprint density at radius 3 is 2.29 bits per heavy atom. The van der Waals surface area contributed by atoms with Crippen molar-refractivity contribution in [3.05, 3.63) is 0 Å². The lowest BCUT2D eigenvalue weighted by atomic mass is 9.69. The number of carboxylic acid groups (broad SMARTS) is 1. The van der Waals surface area contributed by atoms with Crippen LogP contribution in [0.25, 0.3) is 0 Å². The SMILES string of the molecule is COC(C(=O)O)C1(C2(C)COC2)CC1. The molecule has 1 saturated carbocycles. The van der Waals surface area contributed by atoms with Crippen LogP contribution >= 0.6 is 0 Å². The van der Waals surface area contributed by atoms with Gasteiger partial charge in [0.1, 0.15) is 0 Å². The fraction of sp³-hybridized carbons (Fsp3) is 0.900. The highest BCUT2D eigenvalue weighted by atomic mass is 16.5. The summed E-state index contributed by atoms with van der Waals surface area (Å²) in [7, 11) is 1.47. The molecule has 2 aliphatic rings. The minimum Gasteiger partial charge on any atom is -0.479 e. The summed E-state index contributed by atoms with van der Waals surface area (Å²) < 4.78 is 10.3. The molecule has 80 valence electrons. The molecule has 1 aliphatic heterocycles. The van der Waals surface area contributed by atoms with Crippen LogP contribution in [0.5, 0.6) is 0 Å². The minimum absolute atomic E-state index is 0.00602. The summed E-state index contributed by atoms with van der Waals surface area (Å²) in [5, 5.41) is 9.07. The molecule has 0 aromatic carbocycles. The molecular weight excluding hydrogens is 184 g/mol. The van der Waals surface area contributed by atoms with Gasteiger partial charge in [-0.05, 0) is 12.8 Å². The molecule has 2 fully saturated rings. The van der Waals surface area contributed by atoms with Crippen LogP contribution in [0.4, 0.5) is 0 Å². The van der Waals surface area contributed by atoms with Crippen molar-refractivity contribution in [3.63, 3.8) is 0 Å². The van der Waals surface area contributed by atoms with Crippen LogP contribution in [-0.2, 0) is 14.3 Å². The molecule has 14 heavy (non-hydrogen) atoms. The van der Waals surface area contributed by atoms with Crippen molar-refractivity contribution in [1.29, 1.82) is 0 Å². The van der Waals surface area contributed by atoms with Crippen LogP contribution in [0.2, 0.25) is 0 Å². The molecule has 1 heterocycles. The molecule has 0 bridgehead atoms. The second-order valence-corrected chi connectivity index (χ2v) is 4.66. The number of hydrogen-bond donors (Lipinski definition) is 1. The zero-order valence-electron chi connectivity index (χ0n) is 8.58. The van der Waals surface area contributed by atoms with Crippen LogP contribution in [0.15, 0.2) is 0 Å². The molecule has 1 saturated heterocycles. The summed E-state index contributed by atoms with van der Waals surface area (Å²) in [5.41, 5.74) is -0.169. The Labute approximate surface area is 83.2 Å². The highest BCUT2D eigenvalue weighted by molar-refractivity contribution is 5.74. The Hall–Kier alpha value is -0.610. The number of rotatable bonds is 4. The summed E-state index contributed by atoms with van der Waals surface area (Å²) in [6, 6.07) is 0. The Kier molecular flexibility index (Phi) is 2.08. The van der Waals surface area contributed by atoms with Gasteiger partial charge in [0.2, 0.25) is 0 Å². The normalized spacial score (nSPS) is 29.0. The van der Waals surface area contributed by atoms with Gasteiger partial charge in [0.15, 0.2) is 6.10 Å². The van der Waals surface area contributed by atoms with E-state index in [0.717, 1.165) is 12.8 Å². The minimum atomic E-state index is -0.849. The van der Waals surface area contributed by atoms with Crippen LogP contribution in [0.1, 0.15) is 19.8 Å². The zero-order chi connectivity index (χ0) is 10.4. The smallest absolute Gasteiger partial charge is 0.333 e. The number of hydrogen-bond acceptors (Lipinski definition) is 3. The maximum Gasteiger partial charge on any atom is 0.333 e. The average Bonchev–Trinajstić information content (AvgIpc) is 2.82. The number of ether oxygens (including phenoxy) is 2. The Balaban J connectivity index is 2.18. The van der Waals surface area contributed by atoms with Crippen molar-refractivity contribution in [3.8, 4) is 0 Å². The van der Waals surface area contributed by atoms with E-state index in [4.69, 9.17) is 14.6 Å². The first-order valence-corrected chi connectivity index (χ1v) is 4.89. The third kappa shape index (κ3) is 1.10. The molecule has 0 amide bonds. The lowest BCUT2D eigenvalue weighted by molar-refractivity contribution is -0.189. The van der Waals surface area contributed by atoms with E-state index in [9.17, 15) is 4.79 Å². The van der Waals surface area contributed by atoms with E-state index < -0.39 is 12.1 Å². The molecule has 0 aromatic heterocycles. The first kappa shape index (κ1) is 9.93. The second kappa shape index (κ2) is 2.94. The Morgan fingerprint density at radius 2 is 2.07 bits per heavy atom. The zero-order valence-corrected chi connectivity index (χ0v) is 8.58. The van der Waals surface area contributed by atoms with E-state index in [1.807, 2.05) is 0 Å². The summed E-state index contributed by atoms with van der Waals surface area (Å²) in [5.74, 6) is -0.849. The van der Waals surface area contributed by atoms with E-state index in [0.29, 0.717) is 13.2 Å². The second-order valence-electron chi connectivity index (χ2n) is 4.66. The van der Waals surface area contributed by atoms with Gasteiger partial charge in [-0.2, -0.15) is 0 Å². The van der Waals surface area contributed by atoms with Crippen molar-refractivity contribution in [1.82, 2.24) is 0 Å². The third-order valence-electron chi connectivity index (χ3n) is 3.79. The predicted octanol–water partition coefficient (Wildman–Crippen LogP) is 0.903. The van der Waals surface area contributed by atoms with Crippen molar-refractivity contribution in [2.75, 3.05) is 20.3 Å². The fourth-order valence-electron chi connectivity index (χ4n) is 2.58. The largest absolute Gasteiger partial charge is 0.479 e. The van der Waals surface area contributed by atoms with Crippen molar-refractivity contribution in [2.24, 2.45) is 10.8 Å². The maximum absolute atomic E-state index is 11.0. The number of carbonyl (C=O) groups is 1. The molecule has 1 N–H and O–H groups in total. The lowest BCUT2D eigenvalue weighted by Crippen LogP contribution is -2.54. The number of carboxylic acids is 1. The topological polar surface area (TPSA) is 55.8 Å². The summed E-state index contributed by atoms with van der Waals surface area (Å²) in [4.78, 5) is 11.0. The summed E-state index contributed by atoms with van der Waals surface area (Å²) >= 11 is 0. The molecule has 1 atom stereocenters.